The number of pyridine rings is 1. The van der Waals surface area contributed by atoms with Gasteiger partial charge < -0.3 is 10.5 Å². The number of aromatic nitrogens is 1. The highest BCUT2D eigenvalue weighted by Gasteiger charge is 2.18. The molecular weight excluding hydrogens is 326 g/mol. The van der Waals surface area contributed by atoms with E-state index < -0.39 is 4.92 Å². The second-order valence-electron chi connectivity index (χ2n) is 4.07. The van der Waals surface area contributed by atoms with Crippen LogP contribution in [0.1, 0.15) is 12.5 Å². The van der Waals surface area contributed by atoms with Crippen LogP contribution in [-0.4, -0.2) is 9.91 Å². The van der Waals surface area contributed by atoms with Crippen molar-refractivity contribution in [2.75, 3.05) is 5.73 Å². The molecule has 104 valence electrons. The van der Waals surface area contributed by atoms with Gasteiger partial charge in [0.15, 0.2) is 0 Å². The smallest absolute Gasteiger partial charge is 0.311 e. The van der Waals surface area contributed by atoms with Crippen molar-refractivity contribution in [1.82, 2.24) is 4.98 Å². The lowest BCUT2D eigenvalue weighted by Crippen LogP contribution is -1.97. The Kier molecular flexibility index (Phi) is 4.19. The number of halogens is 1. The van der Waals surface area contributed by atoms with Gasteiger partial charge in [0, 0.05) is 6.07 Å². The summed E-state index contributed by atoms with van der Waals surface area (Å²) in [6, 6.07) is 6.48. The standard InChI is InChI=1S/C13H12BrN3O3/c1-2-8-3-4-12(11(5-8)17(18)19)20-13-10(14)6-9(15)7-16-13/h3-7H,2,15H2,1H3. The molecule has 20 heavy (non-hydrogen) atoms. The molecule has 0 unspecified atom stereocenters. The Morgan fingerprint density at radius 1 is 1.45 bits per heavy atom. The topological polar surface area (TPSA) is 91.3 Å². The molecule has 0 aliphatic rings. The van der Waals surface area contributed by atoms with E-state index >= 15 is 0 Å². The molecule has 2 N–H and O–H groups in total. The Labute approximate surface area is 123 Å². The van der Waals surface area contributed by atoms with Crippen LogP contribution < -0.4 is 10.5 Å². The molecule has 1 heterocycles. The fourth-order valence-electron chi connectivity index (χ4n) is 1.63. The number of nitrogens with zero attached hydrogens (tertiary/aromatic N) is 2. The van der Waals surface area contributed by atoms with Crippen LogP contribution in [0.2, 0.25) is 0 Å². The van der Waals surface area contributed by atoms with Crippen LogP contribution in [0.4, 0.5) is 11.4 Å². The zero-order valence-corrected chi connectivity index (χ0v) is 12.3. The van der Waals surface area contributed by atoms with Crippen LogP contribution in [0, 0.1) is 10.1 Å². The first-order chi connectivity index (χ1) is 9.51. The van der Waals surface area contributed by atoms with Crippen molar-refractivity contribution in [1.29, 1.82) is 0 Å². The Bertz CT molecular complexity index is 661. The minimum Gasteiger partial charge on any atom is -0.431 e. The minimum atomic E-state index is -0.473. The van der Waals surface area contributed by atoms with Crippen LogP contribution in [0.15, 0.2) is 34.9 Å². The summed E-state index contributed by atoms with van der Waals surface area (Å²) < 4.78 is 6.03. The maximum atomic E-state index is 11.1. The van der Waals surface area contributed by atoms with Gasteiger partial charge in [0.05, 0.1) is 21.3 Å². The van der Waals surface area contributed by atoms with Gasteiger partial charge in [-0.15, -0.1) is 0 Å². The Hall–Kier alpha value is -2.15. The number of nitro benzene ring substituents is 1. The predicted octanol–water partition coefficient (Wildman–Crippen LogP) is 3.69. The third kappa shape index (κ3) is 3.05. The molecule has 0 spiro atoms. The minimum absolute atomic E-state index is 0.0881. The predicted molar refractivity (Wildman–Crippen MR) is 78.9 cm³/mol. The second kappa shape index (κ2) is 5.87. The number of benzene rings is 1. The molecule has 2 aromatic rings. The van der Waals surface area contributed by atoms with Crippen molar-refractivity contribution in [2.45, 2.75) is 13.3 Å². The van der Waals surface area contributed by atoms with E-state index in [4.69, 9.17) is 10.5 Å². The van der Waals surface area contributed by atoms with Crippen molar-refractivity contribution < 1.29 is 9.66 Å². The highest BCUT2D eigenvalue weighted by atomic mass is 79.9. The molecule has 0 saturated heterocycles. The molecule has 0 aliphatic heterocycles. The number of anilines is 1. The maximum absolute atomic E-state index is 11.1. The summed E-state index contributed by atoms with van der Waals surface area (Å²) >= 11 is 3.26. The molecule has 2 rings (SSSR count). The van der Waals surface area contributed by atoms with Crippen molar-refractivity contribution in [3.8, 4) is 11.6 Å². The van der Waals surface area contributed by atoms with Gasteiger partial charge in [-0.1, -0.05) is 13.0 Å². The average molecular weight is 338 g/mol. The number of hydrogen-bond donors (Lipinski definition) is 1. The fourth-order valence-corrected chi connectivity index (χ4v) is 2.08. The zero-order chi connectivity index (χ0) is 14.7. The molecule has 0 atom stereocenters. The summed E-state index contributed by atoms with van der Waals surface area (Å²) in [5.41, 5.74) is 6.83. The largest absolute Gasteiger partial charge is 0.431 e. The van der Waals surface area contributed by atoms with E-state index in [9.17, 15) is 10.1 Å². The molecule has 7 heteroatoms. The van der Waals surface area contributed by atoms with Crippen LogP contribution >= 0.6 is 15.9 Å². The summed E-state index contributed by atoms with van der Waals surface area (Å²) in [5.74, 6) is 0.372. The van der Waals surface area contributed by atoms with E-state index in [0.29, 0.717) is 16.6 Å². The van der Waals surface area contributed by atoms with Crippen molar-refractivity contribution in [3.05, 3.63) is 50.6 Å². The monoisotopic (exact) mass is 337 g/mol. The summed E-state index contributed by atoms with van der Waals surface area (Å²) in [6.07, 6.45) is 2.14. The van der Waals surface area contributed by atoms with E-state index in [0.717, 1.165) is 5.56 Å². The Balaban J connectivity index is 2.40. The van der Waals surface area contributed by atoms with Crippen molar-refractivity contribution in [2.24, 2.45) is 0 Å². The molecule has 0 fully saturated rings. The summed E-state index contributed by atoms with van der Waals surface area (Å²) in [7, 11) is 0. The van der Waals surface area contributed by atoms with E-state index in [2.05, 4.69) is 20.9 Å². The Morgan fingerprint density at radius 2 is 2.20 bits per heavy atom. The van der Waals surface area contributed by atoms with E-state index in [1.807, 2.05) is 6.92 Å². The molecule has 1 aromatic carbocycles. The maximum Gasteiger partial charge on any atom is 0.311 e. The van der Waals surface area contributed by atoms with E-state index in [1.54, 1.807) is 18.2 Å². The van der Waals surface area contributed by atoms with Crippen LogP contribution in [-0.2, 0) is 6.42 Å². The quantitative estimate of drug-likeness (QED) is 0.678. The van der Waals surface area contributed by atoms with Gasteiger partial charge in [-0.3, -0.25) is 10.1 Å². The van der Waals surface area contributed by atoms with E-state index in [-0.39, 0.29) is 17.3 Å². The summed E-state index contributed by atoms with van der Waals surface area (Å²) in [4.78, 5) is 14.6. The lowest BCUT2D eigenvalue weighted by molar-refractivity contribution is -0.385. The van der Waals surface area contributed by atoms with Gasteiger partial charge in [-0.25, -0.2) is 4.98 Å². The summed E-state index contributed by atoms with van der Waals surface area (Å²) in [6.45, 7) is 1.93. The van der Waals surface area contributed by atoms with Crippen LogP contribution in [0.25, 0.3) is 0 Å². The van der Waals surface area contributed by atoms with Gasteiger partial charge in [0.2, 0.25) is 11.6 Å². The second-order valence-corrected chi connectivity index (χ2v) is 4.92. The molecule has 1 aromatic heterocycles. The number of aryl methyl sites for hydroxylation is 1. The molecular formula is C13H12BrN3O3. The summed E-state index contributed by atoms with van der Waals surface area (Å²) in [5, 5.41) is 11.1. The van der Waals surface area contributed by atoms with Crippen LogP contribution in [0.3, 0.4) is 0 Å². The first-order valence-electron chi connectivity index (χ1n) is 5.87. The molecule has 0 aliphatic carbocycles. The van der Waals surface area contributed by atoms with Gasteiger partial charge >= 0.3 is 5.69 Å². The highest BCUT2D eigenvalue weighted by molar-refractivity contribution is 9.10. The van der Waals surface area contributed by atoms with Gasteiger partial charge in [0.1, 0.15) is 0 Å². The molecule has 6 nitrogen and oxygen atoms in total. The third-order valence-electron chi connectivity index (χ3n) is 2.66. The number of ether oxygens (including phenoxy) is 1. The average Bonchev–Trinajstić information content (AvgIpc) is 2.42. The van der Waals surface area contributed by atoms with Gasteiger partial charge in [-0.2, -0.15) is 0 Å². The number of rotatable bonds is 4. The van der Waals surface area contributed by atoms with E-state index in [1.165, 1.54) is 12.3 Å². The number of nitrogen functional groups attached to an aromatic ring is 1. The van der Waals surface area contributed by atoms with Gasteiger partial charge in [-0.05, 0) is 40.0 Å². The Morgan fingerprint density at radius 3 is 2.80 bits per heavy atom. The lowest BCUT2D eigenvalue weighted by Gasteiger charge is -2.08. The number of nitro groups is 1. The zero-order valence-electron chi connectivity index (χ0n) is 10.7. The number of nitrogens with two attached hydrogens (primary N) is 1. The number of hydrogen-bond acceptors (Lipinski definition) is 5. The van der Waals surface area contributed by atoms with Crippen molar-refractivity contribution in [3.63, 3.8) is 0 Å². The fraction of sp³-hybridized carbons (Fsp3) is 0.154. The van der Waals surface area contributed by atoms with Crippen molar-refractivity contribution >= 4 is 27.3 Å². The SMILES string of the molecule is CCc1ccc(Oc2ncc(N)cc2Br)c([N+](=O)[O-])c1. The molecule has 0 radical (unpaired) electrons. The molecule has 0 saturated carbocycles. The lowest BCUT2D eigenvalue weighted by atomic mass is 10.1. The third-order valence-corrected chi connectivity index (χ3v) is 3.23. The molecule has 0 bridgehead atoms. The van der Waals surface area contributed by atoms with Crippen LogP contribution in [0.5, 0.6) is 11.6 Å². The first kappa shape index (κ1) is 14.3. The first-order valence-corrected chi connectivity index (χ1v) is 6.66. The normalized spacial score (nSPS) is 10.3. The molecule has 0 amide bonds. The highest BCUT2D eigenvalue weighted by Crippen LogP contribution is 2.34. The van der Waals surface area contributed by atoms with Gasteiger partial charge in [0.25, 0.3) is 0 Å².